The minimum absolute atomic E-state index is 0.124. The van der Waals surface area contributed by atoms with E-state index < -0.39 is 0 Å². The van der Waals surface area contributed by atoms with Gasteiger partial charge in [-0.2, -0.15) is 0 Å². The molecule has 0 saturated carbocycles. The summed E-state index contributed by atoms with van der Waals surface area (Å²) in [6.45, 7) is 8.54. The number of hydrogen-bond donors (Lipinski definition) is 1. The van der Waals surface area contributed by atoms with E-state index in [0.29, 0.717) is 12.4 Å². The Bertz CT molecular complexity index is 316. The van der Waals surface area contributed by atoms with Crippen LogP contribution in [0, 0.1) is 0 Å². The lowest BCUT2D eigenvalue weighted by Gasteiger charge is -2.11. The number of ether oxygens (including phenoxy) is 1. The highest BCUT2D eigenvalue weighted by atomic mass is 16.5. The Labute approximate surface area is 91.7 Å². The summed E-state index contributed by atoms with van der Waals surface area (Å²) in [6.07, 6.45) is 0.950. The van der Waals surface area contributed by atoms with E-state index in [9.17, 15) is 0 Å². The maximum Gasteiger partial charge on any atom is 0.119 e. The monoisotopic (exact) mass is 205 g/mol. The van der Waals surface area contributed by atoms with Gasteiger partial charge in [-0.15, -0.1) is 0 Å². The third-order valence-electron chi connectivity index (χ3n) is 2.42. The zero-order valence-electron chi connectivity index (χ0n) is 9.49. The minimum Gasteiger partial charge on any atom is -0.494 e. The Morgan fingerprint density at radius 2 is 1.93 bits per heavy atom. The van der Waals surface area contributed by atoms with Gasteiger partial charge in [-0.25, -0.2) is 0 Å². The molecule has 0 amide bonds. The van der Waals surface area contributed by atoms with Crippen molar-refractivity contribution in [2.75, 3.05) is 6.61 Å². The quantitative estimate of drug-likeness (QED) is 0.750. The molecule has 0 heterocycles. The number of hydrogen-bond acceptors (Lipinski definition) is 2. The second-order valence-corrected chi connectivity index (χ2v) is 3.49. The van der Waals surface area contributed by atoms with Gasteiger partial charge >= 0.3 is 0 Å². The average Bonchev–Trinajstić information content (AvgIpc) is 2.28. The van der Waals surface area contributed by atoms with E-state index in [1.807, 2.05) is 31.2 Å². The van der Waals surface area contributed by atoms with Gasteiger partial charge in [0, 0.05) is 11.6 Å². The molecule has 1 rings (SSSR count). The topological polar surface area (TPSA) is 35.2 Å². The fraction of sp³-hybridized carbons (Fsp3) is 0.385. The Kier molecular flexibility index (Phi) is 4.37. The largest absolute Gasteiger partial charge is 0.494 e. The highest BCUT2D eigenvalue weighted by Gasteiger charge is 2.04. The fourth-order valence-corrected chi connectivity index (χ4v) is 1.41. The number of rotatable bonds is 5. The van der Waals surface area contributed by atoms with E-state index in [2.05, 4.69) is 13.5 Å². The van der Waals surface area contributed by atoms with Crippen LogP contribution in [-0.2, 0) is 4.74 Å². The molecule has 82 valence electrons. The van der Waals surface area contributed by atoms with E-state index >= 15 is 0 Å². The minimum atomic E-state index is 0.124. The van der Waals surface area contributed by atoms with Gasteiger partial charge < -0.3 is 10.5 Å². The van der Waals surface area contributed by atoms with Crippen LogP contribution in [0.1, 0.15) is 37.4 Å². The third-order valence-corrected chi connectivity index (χ3v) is 2.42. The van der Waals surface area contributed by atoms with E-state index in [1.165, 1.54) is 0 Å². The summed E-state index contributed by atoms with van der Waals surface area (Å²) >= 11 is 0. The van der Waals surface area contributed by atoms with Crippen LogP contribution in [0.15, 0.2) is 30.8 Å². The van der Waals surface area contributed by atoms with Gasteiger partial charge in [0.15, 0.2) is 0 Å². The molecule has 2 heteroatoms. The number of benzene rings is 1. The summed E-state index contributed by atoms with van der Waals surface area (Å²) in [4.78, 5) is 0. The lowest BCUT2D eigenvalue weighted by atomic mass is 10.0. The van der Waals surface area contributed by atoms with E-state index in [1.54, 1.807) is 0 Å². The summed E-state index contributed by atoms with van der Waals surface area (Å²) in [5.41, 5.74) is 8.10. The molecule has 2 N–H and O–H groups in total. The first-order chi connectivity index (χ1) is 7.19. The predicted molar refractivity (Wildman–Crippen MR) is 64.3 cm³/mol. The van der Waals surface area contributed by atoms with Crippen molar-refractivity contribution in [2.45, 2.75) is 26.3 Å². The molecule has 15 heavy (non-hydrogen) atoms. The van der Waals surface area contributed by atoms with E-state index in [4.69, 9.17) is 10.5 Å². The Hall–Kier alpha value is -1.28. The van der Waals surface area contributed by atoms with Crippen molar-refractivity contribution < 1.29 is 4.74 Å². The molecule has 1 atom stereocenters. The van der Waals surface area contributed by atoms with Crippen LogP contribution >= 0.6 is 0 Å². The fourth-order valence-electron chi connectivity index (χ4n) is 1.41. The molecule has 1 aromatic carbocycles. The van der Waals surface area contributed by atoms with Crippen molar-refractivity contribution in [2.24, 2.45) is 5.73 Å². The van der Waals surface area contributed by atoms with Crippen LogP contribution in [0.5, 0.6) is 0 Å². The molecule has 2 nitrogen and oxygen atoms in total. The maximum absolute atomic E-state index is 5.93. The van der Waals surface area contributed by atoms with Crippen molar-refractivity contribution in [3.8, 4) is 0 Å². The van der Waals surface area contributed by atoms with Gasteiger partial charge in [0.1, 0.15) is 5.76 Å². The molecule has 0 saturated heterocycles. The normalized spacial score (nSPS) is 12.2. The molecule has 1 aromatic rings. The molecule has 0 aliphatic carbocycles. The van der Waals surface area contributed by atoms with Crippen molar-refractivity contribution in [1.29, 1.82) is 0 Å². The zero-order valence-corrected chi connectivity index (χ0v) is 9.49. The first kappa shape index (κ1) is 11.8. The van der Waals surface area contributed by atoms with Crippen molar-refractivity contribution >= 4 is 5.76 Å². The van der Waals surface area contributed by atoms with E-state index in [0.717, 1.165) is 17.5 Å². The first-order valence-electron chi connectivity index (χ1n) is 5.36. The van der Waals surface area contributed by atoms with Gasteiger partial charge in [0.2, 0.25) is 0 Å². The predicted octanol–water partition coefficient (Wildman–Crippen LogP) is 3.10. The van der Waals surface area contributed by atoms with Gasteiger partial charge in [-0.1, -0.05) is 37.8 Å². The summed E-state index contributed by atoms with van der Waals surface area (Å²) in [5.74, 6) is 0.717. The highest BCUT2D eigenvalue weighted by molar-refractivity contribution is 5.57. The van der Waals surface area contributed by atoms with Crippen LogP contribution in [0.4, 0.5) is 0 Å². The van der Waals surface area contributed by atoms with E-state index in [-0.39, 0.29) is 6.04 Å². The molecular weight excluding hydrogens is 186 g/mol. The van der Waals surface area contributed by atoms with Gasteiger partial charge in [-0.05, 0) is 18.9 Å². The van der Waals surface area contributed by atoms with Gasteiger partial charge in [0.05, 0.1) is 6.61 Å². The molecule has 0 fully saturated rings. The second kappa shape index (κ2) is 5.56. The standard InChI is InChI=1S/C13H19NO/c1-4-13(14)12-8-6-11(7-9-12)10(3)15-5-2/h6-9,13H,3-5,14H2,1-2H3. The summed E-state index contributed by atoms with van der Waals surface area (Å²) in [7, 11) is 0. The average molecular weight is 205 g/mol. The zero-order chi connectivity index (χ0) is 11.3. The van der Waals surface area contributed by atoms with Crippen molar-refractivity contribution in [3.63, 3.8) is 0 Å². The molecule has 0 spiro atoms. The number of nitrogens with two attached hydrogens (primary N) is 1. The first-order valence-corrected chi connectivity index (χ1v) is 5.36. The Balaban J connectivity index is 2.76. The molecule has 0 aliphatic rings. The molecule has 0 aromatic heterocycles. The van der Waals surface area contributed by atoms with Crippen LogP contribution in [0.2, 0.25) is 0 Å². The molecule has 0 bridgehead atoms. The molecule has 0 aliphatic heterocycles. The SMILES string of the molecule is C=C(OCC)c1ccc(C(N)CC)cc1. The maximum atomic E-state index is 5.93. The molecular formula is C13H19NO. The highest BCUT2D eigenvalue weighted by Crippen LogP contribution is 2.18. The Morgan fingerprint density at radius 3 is 2.40 bits per heavy atom. The van der Waals surface area contributed by atoms with Crippen LogP contribution in [-0.4, -0.2) is 6.61 Å². The molecule has 1 unspecified atom stereocenters. The van der Waals surface area contributed by atoms with Crippen molar-refractivity contribution in [1.82, 2.24) is 0 Å². The summed E-state index contributed by atoms with van der Waals surface area (Å²) < 4.78 is 5.33. The van der Waals surface area contributed by atoms with Crippen LogP contribution in [0.3, 0.4) is 0 Å². The lowest BCUT2D eigenvalue weighted by Crippen LogP contribution is -2.08. The summed E-state index contributed by atoms with van der Waals surface area (Å²) in [5, 5.41) is 0. The summed E-state index contributed by atoms with van der Waals surface area (Å²) in [6, 6.07) is 8.20. The smallest absolute Gasteiger partial charge is 0.119 e. The van der Waals surface area contributed by atoms with Gasteiger partial charge in [0.25, 0.3) is 0 Å². The van der Waals surface area contributed by atoms with Crippen molar-refractivity contribution in [3.05, 3.63) is 42.0 Å². The molecule has 0 radical (unpaired) electrons. The van der Waals surface area contributed by atoms with Crippen LogP contribution in [0.25, 0.3) is 5.76 Å². The Morgan fingerprint density at radius 1 is 1.33 bits per heavy atom. The second-order valence-electron chi connectivity index (χ2n) is 3.49. The third kappa shape index (κ3) is 3.10. The lowest BCUT2D eigenvalue weighted by molar-refractivity contribution is 0.299. The van der Waals surface area contributed by atoms with Gasteiger partial charge in [-0.3, -0.25) is 0 Å². The van der Waals surface area contributed by atoms with Crippen LogP contribution < -0.4 is 5.73 Å².